The van der Waals surface area contributed by atoms with Gasteiger partial charge in [0.25, 0.3) is 11.7 Å². The van der Waals surface area contributed by atoms with E-state index in [1.807, 2.05) is 60.8 Å². The largest absolute Gasteiger partial charge is 0.507 e. The second-order valence-corrected chi connectivity index (χ2v) is 8.73. The zero-order chi connectivity index (χ0) is 23.4. The fourth-order valence-corrected chi connectivity index (χ4v) is 4.77. The lowest BCUT2D eigenvalue weighted by Crippen LogP contribution is -2.32. The SMILES string of the molecule is COCCN1C(=O)C(=O)C(=C(O)c2ccc(OCc3ccccc3)cc2C)[C@@H]1c1cccs1. The Bertz CT molecular complexity index is 1170. The van der Waals surface area contributed by atoms with E-state index in [4.69, 9.17) is 9.47 Å². The molecule has 1 aliphatic heterocycles. The number of likely N-dealkylation sites (tertiary alicyclic amines) is 1. The molecule has 1 fully saturated rings. The summed E-state index contributed by atoms with van der Waals surface area (Å²) < 4.78 is 11.0. The molecule has 3 aromatic rings. The number of benzene rings is 2. The van der Waals surface area contributed by atoms with Crippen LogP contribution < -0.4 is 4.74 Å². The smallest absolute Gasteiger partial charge is 0.295 e. The maximum atomic E-state index is 13.0. The molecular formula is C26H25NO5S. The number of thiophene rings is 1. The van der Waals surface area contributed by atoms with Crippen LogP contribution in [-0.4, -0.2) is 42.0 Å². The molecule has 1 aliphatic rings. The van der Waals surface area contributed by atoms with Crippen LogP contribution in [0, 0.1) is 6.92 Å². The lowest BCUT2D eigenvalue weighted by Gasteiger charge is -2.23. The molecule has 0 spiro atoms. The molecule has 1 N–H and O–H groups in total. The molecule has 0 aliphatic carbocycles. The van der Waals surface area contributed by atoms with Gasteiger partial charge in [-0.15, -0.1) is 11.3 Å². The van der Waals surface area contributed by atoms with Gasteiger partial charge >= 0.3 is 0 Å². The van der Waals surface area contributed by atoms with Crippen LogP contribution in [0.15, 0.2) is 71.6 Å². The Morgan fingerprint density at radius 3 is 2.55 bits per heavy atom. The second kappa shape index (κ2) is 10.0. The molecule has 7 heteroatoms. The van der Waals surface area contributed by atoms with E-state index in [1.165, 1.54) is 16.2 Å². The molecule has 33 heavy (non-hydrogen) atoms. The van der Waals surface area contributed by atoms with E-state index in [9.17, 15) is 14.7 Å². The minimum absolute atomic E-state index is 0.0969. The van der Waals surface area contributed by atoms with Crippen molar-refractivity contribution in [2.75, 3.05) is 20.3 Å². The summed E-state index contributed by atoms with van der Waals surface area (Å²) in [5.74, 6) is -0.847. The van der Waals surface area contributed by atoms with Crippen LogP contribution in [0.5, 0.6) is 5.75 Å². The number of carbonyl (C=O) groups excluding carboxylic acids is 2. The minimum Gasteiger partial charge on any atom is -0.507 e. The van der Waals surface area contributed by atoms with Crippen molar-refractivity contribution in [3.63, 3.8) is 0 Å². The Kier molecular flexibility index (Phi) is 6.91. The van der Waals surface area contributed by atoms with E-state index < -0.39 is 17.7 Å². The highest BCUT2D eigenvalue weighted by molar-refractivity contribution is 7.10. The highest BCUT2D eigenvalue weighted by atomic mass is 32.1. The number of hydrogen-bond donors (Lipinski definition) is 1. The van der Waals surface area contributed by atoms with Crippen LogP contribution in [0.25, 0.3) is 5.76 Å². The number of aliphatic hydroxyl groups excluding tert-OH is 1. The van der Waals surface area contributed by atoms with E-state index in [-0.39, 0.29) is 17.9 Å². The van der Waals surface area contributed by atoms with Crippen LogP contribution in [0.4, 0.5) is 0 Å². The van der Waals surface area contributed by atoms with E-state index in [0.29, 0.717) is 24.5 Å². The third-order valence-corrected chi connectivity index (χ3v) is 6.52. The number of amides is 1. The average molecular weight is 464 g/mol. The molecule has 2 aromatic carbocycles. The van der Waals surface area contributed by atoms with Crippen molar-refractivity contribution in [2.24, 2.45) is 0 Å². The molecule has 1 amide bonds. The van der Waals surface area contributed by atoms with Crippen LogP contribution >= 0.6 is 11.3 Å². The van der Waals surface area contributed by atoms with Crippen LogP contribution in [0.3, 0.4) is 0 Å². The standard InChI is InChI=1S/C26H25NO5S/c1-17-15-19(32-16-18-7-4-3-5-8-18)10-11-20(17)24(28)22-23(21-9-6-14-33-21)27(12-13-31-2)26(30)25(22)29/h3-11,14-15,23,28H,12-13,16H2,1-2H3/t23-/m0/s1. The van der Waals surface area contributed by atoms with Crippen molar-refractivity contribution in [3.8, 4) is 5.75 Å². The number of aryl methyl sites for hydroxylation is 1. The highest BCUT2D eigenvalue weighted by Crippen LogP contribution is 2.41. The Morgan fingerprint density at radius 1 is 1.09 bits per heavy atom. The number of rotatable bonds is 8. The number of carbonyl (C=O) groups is 2. The Morgan fingerprint density at radius 2 is 1.88 bits per heavy atom. The third kappa shape index (κ3) is 4.69. The first kappa shape index (κ1) is 22.8. The summed E-state index contributed by atoms with van der Waals surface area (Å²) in [5.41, 5.74) is 2.38. The molecule has 4 rings (SSSR count). The molecule has 0 radical (unpaired) electrons. The average Bonchev–Trinajstić information content (AvgIpc) is 3.44. The Labute approximate surface area is 196 Å². The molecule has 0 bridgehead atoms. The van der Waals surface area contributed by atoms with Gasteiger partial charge in [-0.1, -0.05) is 36.4 Å². The number of ketones is 1. The van der Waals surface area contributed by atoms with Gasteiger partial charge < -0.3 is 19.5 Å². The second-order valence-electron chi connectivity index (χ2n) is 7.75. The predicted octanol–water partition coefficient (Wildman–Crippen LogP) is 4.70. The van der Waals surface area contributed by atoms with Gasteiger partial charge in [-0.3, -0.25) is 9.59 Å². The molecule has 0 unspecified atom stereocenters. The van der Waals surface area contributed by atoms with Crippen LogP contribution in [0.1, 0.15) is 27.6 Å². The summed E-state index contributed by atoms with van der Waals surface area (Å²) in [4.78, 5) is 28.0. The zero-order valence-corrected chi connectivity index (χ0v) is 19.3. The lowest BCUT2D eigenvalue weighted by atomic mass is 9.97. The van der Waals surface area contributed by atoms with E-state index in [2.05, 4.69) is 0 Å². The monoisotopic (exact) mass is 463 g/mol. The highest BCUT2D eigenvalue weighted by Gasteiger charge is 2.46. The topological polar surface area (TPSA) is 76.1 Å². The van der Waals surface area contributed by atoms with Gasteiger partial charge in [0.15, 0.2) is 0 Å². The Hall–Kier alpha value is -3.42. The lowest BCUT2D eigenvalue weighted by molar-refractivity contribution is -0.140. The number of ether oxygens (including phenoxy) is 2. The van der Waals surface area contributed by atoms with Gasteiger partial charge in [-0.25, -0.2) is 0 Å². The minimum atomic E-state index is -0.689. The normalized spacial score (nSPS) is 17.5. The van der Waals surface area contributed by atoms with Crippen LogP contribution in [-0.2, 0) is 20.9 Å². The molecule has 1 aromatic heterocycles. The number of aliphatic hydroxyl groups is 1. The molecule has 2 heterocycles. The summed E-state index contributed by atoms with van der Waals surface area (Å²) in [6.07, 6.45) is 0. The summed E-state index contributed by atoms with van der Waals surface area (Å²) in [5, 5.41) is 13.1. The number of methoxy groups -OCH3 is 1. The predicted molar refractivity (Wildman–Crippen MR) is 127 cm³/mol. The van der Waals surface area contributed by atoms with Gasteiger partial charge in [0.2, 0.25) is 0 Å². The first-order valence-corrected chi connectivity index (χ1v) is 11.5. The quantitative estimate of drug-likeness (QED) is 0.298. The first-order chi connectivity index (χ1) is 16.0. The van der Waals surface area contributed by atoms with Crippen molar-refractivity contribution in [3.05, 3.63) is 93.2 Å². The summed E-state index contributed by atoms with van der Waals surface area (Å²) in [6.45, 7) is 2.81. The van der Waals surface area contributed by atoms with Crippen molar-refractivity contribution >= 4 is 28.8 Å². The molecule has 1 atom stereocenters. The van der Waals surface area contributed by atoms with Gasteiger partial charge in [0.05, 0.1) is 18.2 Å². The van der Waals surface area contributed by atoms with Crippen molar-refractivity contribution in [1.82, 2.24) is 4.90 Å². The molecular weight excluding hydrogens is 438 g/mol. The van der Waals surface area contributed by atoms with Gasteiger partial charge in [-0.05, 0) is 47.7 Å². The summed E-state index contributed by atoms with van der Waals surface area (Å²) in [6, 6.07) is 18.2. The fraction of sp³-hybridized carbons (Fsp3) is 0.231. The third-order valence-electron chi connectivity index (χ3n) is 5.59. The van der Waals surface area contributed by atoms with E-state index >= 15 is 0 Å². The van der Waals surface area contributed by atoms with E-state index in [0.717, 1.165) is 16.0 Å². The first-order valence-electron chi connectivity index (χ1n) is 10.6. The maximum absolute atomic E-state index is 13.0. The molecule has 1 saturated heterocycles. The summed E-state index contributed by atoms with van der Waals surface area (Å²) in [7, 11) is 1.54. The van der Waals surface area contributed by atoms with Gasteiger partial charge in [0, 0.05) is 24.1 Å². The van der Waals surface area contributed by atoms with Crippen molar-refractivity contribution in [1.29, 1.82) is 0 Å². The summed E-state index contributed by atoms with van der Waals surface area (Å²) >= 11 is 1.44. The Balaban J connectivity index is 1.66. The number of nitrogens with zero attached hydrogens (tertiary/aromatic N) is 1. The van der Waals surface area contributed by atoms with Crippen molar-refractivity contribution < 1.29 is 24.2 Å². The fourth-order valence-electron chi connectivity index (χ4n) is 3.92. The van der Waals surface area contributed by atoms with E-state index in [1.54, 1.807) is 19.2 Å². The van der Waals surface area contributed by atoms with Crippen LogP contribution in [0.2, 0.25) is 0 Å². The maximum Gasteiger partial charge on any atom is 0.295 e. The van der Waals surface area contributed by atoms with Crippen molar-refractivity contribution in [2.45, 2.75) is 19.6 Å². The molecule has 0 saturated carbocycles. The molecule has 6 nitrogen and oxygen atoms in total. The number of hydrogen-bond acceptors (Lipinski definition) is 6. The molecule has 170 valence electrons. The zero-order valence-electron chi connectivity index (χ0n) is 18.5. The van der Waals surface area contributed by atoms with Gasteiger partial charge in [0.1, 0.15) is 18.1 Å². The number of Topliss-reactive ketones (excluding diaryl/α,β-unsaturated/α-hetero) is 1. The van der Waals surface area contributed by atoms with Gasteiger partial charge in [-0.2, -0.15) is 0 Å².